The van der Waals surface area contributed by atoms with Crippen LogP contribution in [-0.2, 0) is 0 Å². The van der Waals surface area contributed by atoms with E-state index < -0.39 is 191 Å². The summed E-state index contributed by atoms with van der Waals surface area (Å²) in [4.78, 5) is 29.4. The Kier molecular flexibility index (Phi) is 9.22. The number of nitrogens with zero attached hydrogens (tertiary/aromatic N) is 8. The first-order valence-corrected chi connectivity index (χ1v) is 36.9. The van der Waals surface area contributed by atoms with Gasteiger partial charge in [0.2, 0.25) is 11.9 Å². The molecule has 12 heteroatoms. The Morgan fingerprint density at radius 2 is 0.737 bits per heavy atom. The van der Waals surface area contributed by atoms with Crippen LogP contribution < -0.4 is 0 Å². The summed E-state index contributed by atoms with van der Waals surface area (Å²) in [5, 5.41) is 1.00. The van der Waals surface area contributed by atoms with Crippen molar-refractivity contribution in [2.24, 2.45) is 0 Å². The molecule has 0 aliphatic carbocycles. The van der Waals surface area contributed by atoms with E-state index in [0.29, 0.717) is 55.3 Å². The summed E-state index contributed by atoms with van der Waals surface area (Å²) < 4.78 is 322. The first kappa shape index (κ1) is 39.7. The molecule has 0 radical (unpaired) electrons. The summed E-state index contributed by atoms with van der Waals surface area (Å²) in [6.45, 7) is 0. The highest BCUT2D eigenvalue weighted by Gasteiger charge is 2.27. The van der Waals surface area contributed by atoms with Gasteiger partial charge in [0.25, 0.3) is 0 Å². The molecule has 10 nitrogen and oxygen atoms in total. The molecule has 0 N–H and O–H groups in total. The summed E-state index contributed by atoms with van der Waals surface area (Å²) in [5.74, 6) is -0.802. The number of furan rings is 2. The van der Waals surface area contributed by atoms with E-state index in [-0.39, 0.29) is 189 Å². The van der Waals surface area contributed by atoms with E-state index >= 15 is 0 Å². The standard InChI is InChI=1S/2C51H30N4OS/c1-4-14-31(15-5-1)35-22-13-24-42-45(35)39-27-26-34(30-43(39)56-42)50-52-49(33-18-8-3-9-19-33)53-51(54-50)55-40-23-12-21-36(32-16-6-2-7-17-32)46(40)47-41(55)29-28-38-37-20-10-11-25-44(37)57-48(38)47;1-4-13-31(14-5-1)34-23-25-39-42(29-34)55(41-28-27-38-37-19-10-11-22-45(37)57-48(38)47(39)41)51-53-49(33-17-8-3-9-18-33)52-50(54-51)35-24-26-40-44(30-35)56-43-21-12-20-36(46(40)43)32-15-6-2-7-16-32/h2*1-30H/i1D,4D,5D,10D,11D,12D,13D,14D,15D,20D,21D,22D,23D,24D,25D,26D,27D,28D,29D,30D;2D,6D,7D,10D,11D,15D,16D,19D,22D,23D,25D,27D,28D,29D. The summed E-state index contributed by atoms with van der Waals surface area (Å²) >= 11 is 1.90. The second-order valence-corrected chi connectivity index (χ2v) is 28.2. The van der Waals surface area contributed by atoms with Gasteiger partial charge in [-0.15, -0.1) is 22.7 Å². The molecule has 0 bridgehead atoms. The van der Waals surface area contributed by atoms with Crippen molar-refractivity contribution in [3.8, 4) is 102 Å². The van der Waals surface area contributed by atoms with E-state index in [9.17, 15) is 17.8 Å². The zero-order valence-electron chi connectivity index (χ0n) is 92.2. The minimum atomic E-state index is -0.770. The molecule has 0 atom stereocenters. The third-order valence-electron chi connectivity index (χ3n) is 19.7. The van der Waals surface area contributed by atoms with Crippen molar-refractivity contribution in [1.29, 1.82) is 0 Å². The summed E-state index contributed by atoms with van der Waals surface area (Å²) in [7, 11) is 0. The summed E-state index contributed by atoms with van der Waals surface area (Å²) in [6.07, 6.45) is 0. The second kappa shape index (κ2) is 26.5. The molecule has 114 heavy (non-hydrogen) atoms. The van der Waals surface area contributed by atoms with E-state index in [4.69, 9.17) is 67.5 Å². The molecule has 0 saturated carbocycles. The molecule has 0 fully saturated rings. The molecule has 0 saturated heterocycles. The topological polar surface area (TPSA) is 113 Å². The lowest BCUT2D eigenvalue weighted by Crippen LogP contribution is -2.06. The van der Waals surface area contributed by atoms with Crippen molar-refractivity contribution < 1.29 is 55.4 Å². The van der Waals surface area contributed by atoms with Crippen LogP contribution in [0.25, 0.3) is 230 Å². The Morgan fingerprint density at radius 3 is 1.39 bits per heavy atom. The first-order valence-electron chi connectivity index (χ1n) is 52.3. The predicted octanol–water partition coefficient (Wildman–Crippen LogP) is 27.8. The van der Waals surface area contributed by atoms with Crippen LogP contribution in [0.3, 0.4) is 0 Å². The molecule has 0 aliphatic rings. The molecule has 0 amide bonds. The number of fused-ring (bicyclic) bond motifs is 20. The van der Waals surface area contributed by atoms with Gasteiger partial charge in [0.1, 0.15) is 22.3 Å². The van der Waals surface area contributed by atoms with Crippen LogP contribution in [0, 0.1) is 0 Å². The molecule has 8 heterocycles. The molecule has 16 aromatic carbocycles. The fourth-order valence-electron chi connectivity index (χ4n) is 14.6. The maximum absolute atomic E-state index is 9.94. The lowest BCUT2D eigenvalue weighted by Gasteiger charge is -2.11. The van der Waals surface area contributed by atoms with Crippen molar-refractivity contribution in [1.82, 2.24) is 39.0 Å². The smallest absolute Gasteiger partial charge is 0.238 e. The fourth-order valence-corrected chi connectivity index (χ4v) is 16.9. The number of benzene rings is 16. The lowest BCUT2D eigenvalue weighted by molar-refractivity contribution is 0.668. The van der Waals surface area contributed by atoms with Crippen molar-refractivity contribution >= 4 is 151 Å². The molecular formula is C102H60N8O2S2. The monoisotopic (exact) mass is 1530 g/mol. The van der Waals surface area contributed by atoms with Gasteiger partial charge in [-0.05, 0) is 117 Å². The van der Waals surface area contributed by atoms with Gasteiger partial charge in [0.05, 0.1) is 68.7 Å². The molecule has 0 spiro atoms. The average Bonchev–Trinajstić information content (AvgIpc) is 1.52. The van der Waals surface area contributed by atoms with Gasteiger partial charge < -0.3 is 8.83 Å². The first-order chi connectivity index (χ1) is 70.7. The van der Waals surface area contributed by atoms with Crippen LogP contribution in [-0.4, -0.2) is 39.0 Å². The zero-order chi connectivity index (χ0) is 104. The summed E-state index contributed by atoms with van der Waals surface area (Å²) in [5.41, 5.74) is 0.941. The molecule has 0 unspecified atom stereocenters. The maximum atomic E-state index is 9.94. The minimum Gasteiger partial charge on any atom is -0.456 e. The van der Waals surface area contributed by atoms with E-state index in [1.54, 1.807) is 152 Å². The van der Waals surface area contributed by atoms with Crippen molar-refractivity contribution in [2.75, 3.05) is 0 Å². The van der Waals surface area contributed by atoms with Gasteiger partial charge >= 0.3 is 0 Å². The Balaban J connectivity index is 0.000000163. The van der Waals surface area contributed by atoms with Gasteiger partial charge in [-0.1, -0.05) is 291 Å². The Bertz CT molecular complexity index is 10100. The average molecular weight is 1530 g/mol. The molecule has 24 aromatic rings. The Morgan fingerprint density at radius 1 is 0.246 bits per heavy atom. The molecule has 8 aromatic heterocycles. The van der Waals surface area contributed by atoms with Crippen molar-refractivity contribution in [3.05, 3.63) is 363 Å². The van der Waals surface area contributed by atoms with E-state index in [1.807, 2.05) is 6.07 Å². The highest BCUT2D eigenvalue weighted by Crippen LogP contribution is 2.49. The van der Waals surface area contributed by atoms with Gasteiger partial charge in [0.15, 0.2) is 23.3 Å². The fraction of sp³-hybridized carbons (Fsp3) is 0. The largest absolute Gasteiger partial charge is 0.456 e. The second-order valence-electron chi connectivity index (χ2n) is 26.1. The SMILES string of the molecule is [2H]c1c([2H])c([2H])c(-c2c([2H])c([2H])c([2H])c3oc4c([2H])c(-c5nc(-c6ccccc6)nc(-n6c7c([2H])c([2H])c([2H])c(-c8ccccc8)c7c7c8sc9c([2H])c([2H])c([2H])c([2H])c9c8c([2H])c([2H])c76)n5)c([2H])c([2H])c4c23)c([2H])c1[2H].[2H]c1c([2H])c([2H])c(-c2cccc3oc4cc(-c5nc(-c6ccccc6)nc(-n6c7c([2H])c(-c8ccccc8)c([2H])c([2H])c7c7c8sc9c([2H])c([2H])c([2H])c([2H])c9c8c([2H])c([2H])c76)n5)ccc4c23)c([2H])c1[2H]. The third kappa shape index (κ3) is 10.7. The van der Waals surface area contributed by atoms with E-state index in [1.165, 1.54) is 9.13 Å². The van der Waals surface area contributed by atoms with E-state index in [0.717, 1.165) is 22.7 Å². The number of rotatable bonds is 10. The predicted molar refractivity (Wildman–Crippen MR) is 472 cm³/mol. The van der Waals surface area contributed by atoms with Gasteiger partial charge in [-0.2, -0.15) is 19.9 Å². The number of thiophene rings is 2. The van der Waals surface area contributed by atoms with Crippen LogP contribution in [0.4, 0.5) is 0 Å². The van der Waals surface area contributed by atoms with E-state index in [2.05, 4.69) is 0 Å². The molecular weight excluding hydrogens is 1430 g/mol. The lowest BCUT2D eigenvalue weighted by atomic mass is 9.99. The Hall–Kier alpha value is -14.8. The van der Waals surface area contributed by atoms with Crippen LogP contribution in [0.15, 0.2) is 372 Å². The maximum Gasteiger partial charge on any atom is 0.238 e. The quantitative estimate of drug-likeness (QED) is 0.133. The van der Waals surface area contributed by atoms with Gasteiger partial charge in [-0.25, -0.2) is 9.97 Å². The van der Waals surface area contributed by atoms with Crippen LogP contribution in [0.5, 0.6) is 0 Å². The van der Waals surface area contributed by atoms with Crippen LogP contribution >= 0.6 is 22.7 Å². The van der Waals surface area contributed by atoms with Crippen molar-refractivity contribution in [2.45, 2.75) is 0 Å². The normalized spacial score (nSPS) is 16.0. The summed E-state index contributed by atoms with van der Waals surface area (Å²) in [6, 6.07) is 27.0. The third-order valence-corrected chi connectivity index (χ3v) is 21.9. The van der Waals surface area contributed by atoms with Crippen LogP contribution in [0.1, 0.15) is 46.6 Å². The highest BCUT2D eigenvalue weighted by atomic mass is 32.1. The van der Waals surface area contributed by atoms with Gasteiger partial charge in [0, 0.05) is 106 Å². The van der Waals surface area contributed by atoms with Gasteiger partial charge in [-0.3, -0.25) is 9.13 Å². The zero-order valence-corrected chi connectivity index (χ0v) is 59.9. The van der Waals surface area contributed by atoms with Crippen LogP contribution in [0.2, 0.25) is 0 Å². The molecule has 0 aliphatic heterocycles. The number of hydrogen-bond acceptors (Lipinski definition) is 10. The van der Waals surface area contributed by atoms with Crippen molar-refractivity contribution in [3.63, 3.8) is 0 Å². The molecule has 532 valence electrons. The number of aromatic nitrogens is 8. The highest BCUT2D eigenvalue weighted by molar-refractivity contribution is 7.27. The minimum absolute atomic E-state index is 0.00216. The molecule has 24 rings (SSSR count). The Labute approximate surface area is 707 Å². The number of hydrogen-bond donors (Lipinski definition) is 0.